The van der Waals surface area contributed by atoms with Gasteiger partial charge in [-0.1, -0.05) is 29.9 Å². The van der Waals surface area contributed by atoms with Crippen LogP contribution in [0.25, 0.3) is 10.6 Å². The zero-order valence-electron chi connectivity index (χ0n) is 9.83. The van der Waals surface area contributed by atoms with Crippen LogP contribution in [0.1, 0.15) is 17.5 Å². The highest BCUT2D eigenvalue weighted by Crippen LogP contribution is 2.27. The molecule has 0 saturated heterocycles. The summed E-state index contributed by atoms with van der Waals surface area (Å²) in [5, 5.41) is 14.2. The third-order valence-electron chi connectivity index (χ3n) is 2.28. The van der Waals surface area contributed by atoms with E-state index in [0.29, 0.717) is 0 Å². The molecule has 0 amide bonds. The van der Waals surface area contributed by atoms with Crippen molar-refractivity contribution in [2.24, 2.45) is 0 Å². The molecular formula is C12H14ClN3S. The summed E-state index contributed by atoms with van der Waals surface area (Å²) in [6, 6.07) is 5.93. The molecule has 0 spiro atoms. The van der Waals surface area contributed by atoms with Crippen molar-refractivity contribution in [2.75, 3.05) is 6.54 Å². The quantitative estimate of drug-likeness (QED) is 0.924. The van der Waals surface area contributed by atoms with Gasteiger partial charge in [-0.05, 0) is 37.2 Å². The monoisotopic (exact) mass is 267 g/mol. The van der Waals surface area contributed by atoms with Gasteiger partial charge in [-0.2, -0.15) is 0 Å². The van der Waals surface area contributed by atoms with Crippen molar-refractivity contribution in [1.29, 1.82) is 0 Å². The molecule has 0 aliphatic rings. The Morgan fingerprint density at radius 3 is 2.82 bits per heavy atom. The second-order valence-corrected chi connectivity index (χ2v) is 5.30. The first-order valence-electron chi connectivity index (χ1n) is 5.49. The summed E-state index contributed by atoms with van der Waals surface area (Å²) < 4.78 is 0. The molecule has 90 valence electrons. The number of benzene rings is 1. The van der Waals surface area contributed by atoms with Gasteiger partial charge in [-0.3, -0.25) is 0 Å². The van der Waals surface area contributed by atoms with E-state index in [9.17, 15) is 0 Å². The molecule has 0 bridgehead atoms. The highest BCUT2D eigenvalue weighted by atomic mass is 35.5. The van der Waals surface area contributed by atoms with Crippen molar-refractivity contribution in [2.45, 2.75) is 20.4 Å². The van der Waals surface area contributed by atoms with E-state index >= 15 is 0 Å². The molecular weight excluding hydrogens is 254 g/mol. The molecule has 0 saturated carbocycles. The van der Waals surface area contributed by atoms with Crippen molar-refractivity contribution >= 4 is 22.9 Å². The highest BCUT2D eigenvalue weighted by Gasteiger charge is 2.07. The Bertz CT molecular complexity index is 490. The summed E-state index contributed by atoms with van der Waals surface area (Å²) in [6.07, 6.45) is 0. The molecule has 0 fully saturated rings. The van der Waals surface area contributed by atoms with Gasteiger partial charge in [0.25, 0.3) is 0 Å². The summed E-state index contributed by atoms with van der Waals surface area (Å²) in [5.41, 5.74) is 2.17. The maximum Gasteiger partial charge on any atom is 0.147 e. The average Bonchev–Trinajstić information content (AvgIpc) is 2.73. The van der Waals surface area contributed by atoms with Crippen LogP contribution in [0, 0.1) is 6.92 Å². The normalized spacial score (nSPS) is 10.8. The molecule has 0 aliphatic carbocycles. The zero-order valence-corrected chi connectivity index (χ0v) is 11.4. The van der Waals surface area contributed by atoms with Crippen LogP contribution in [0.4, 0.5) is 0 Å². The van der Waals surface area contributed by atoms with Gasteiger partial charge in [0, 0.05) is 17.1 Å². The van der Waals surface area contributed by atoms with E-state index in [1.54, 1.807) is 11.3 Å². The predicted octanol–water partition coefficient (Wildman–Crippen LogP) is 3.28. The number of hydrogen-bond donors (Lipinski definition) is 1. The lowest BCUT2D eigenvalue weighted by molar-refractivity contribution is 0.715. The fourth-order valence-corrected chi connectivity index (χ4v) is 2.62. The Balaban J connectivity index is 2.24. The Morgan fingerprint density at radius 2 is 2.12 bits per heavy atom. The number of hydrogen-bond acceptors (Lipinski definition) is 4. The fourth-order valence-electron chi connectivity index (χ4n) is 1.53. The van der Waals surface area contributed by atoms with Gasteiger partial charge in [-0.25, -0.2) is 0 Å². The van der Waals surface area contributed by atoms with Gasteiger partial charge in [0.2, 0.25) is 0 Å². The lowest BCUT2D eigenvalue weighted by Crippen LogP contribution is -2.11. The molecule has 0 aliphatic heterocycles. The minimum atomic E-state index is 0.739. The van der Waals surface area contributed by atoms with Crippen molar-refractivity contribution in [1.82, 2.24) is 15.5 Å². The van der Waals surface area contributed by atoms with Crippen LogP contribution in [-0.2, 0) is 6.54 Å². The van der Waals surface area contributed by atoms with Crippen molar-refractivity contribution < 1.29 is 0 Å². The van der Waals surface area contributed by atoms with Crippen LogP contribution in [0.2, 0.25) is 5.02 Å². The van der Waals surface area contributed by atoms with Gasteiger partial charge in [0.15, 0.2) is 0 Å². The maximum atomic E-state index is 6.03. The van der Waals surface area contributed by atoms with E-state index in [0.717, 1.165) is 39.3 Å². The number of aromatic nitrogens is 2. The van der Waals surface area contributed by atoms with Gasteiger partial charge in [-0.15, -0.1) is 10.2 Å². The smallest absolute Gasteiger partial charge is 0.147 e. The van der Waals surface area contributed by atoms with Gasteiger partial charge in [0.05, 0.1) is 0 Å². The number of nitrogens with zero attached hydrogens (tertiary/aromatic N) is 2. The van der Waals surface area contributed by atoms with Crippen LogP contribution in [0.15, 0.2) is 18.2 Å². The van der Waals surface area contributed by atoms with Crippen LogP contribution in [0.5, 0.6) is 0 Å². The first-order chi connectivity index (χ1) is 8.19. The molecule has 3 nitrogen and oxygen atoms in total. The summed E-state index contributed by atoms with van der Waals surface area (Å²) in [4.78, 5) is 0. The van der Waals surface area contributed by atoms with Crippen molar-refractivity contribution in [3.05, 3.63) is 33.8 Å². The molecule has 0 radical (unpaired) electrons. The van der Waals surface area contributed by atoms with Crippen LogP contribution in [0.3, 0.4) is 0 Å². The molecule has 2 rings (SSSR count). The lowest BCUT2D eigenvalue weighted by Gasteiger charge is -1.99. The minimum Gasteiger partial charge on any atom is -0.311 e. The number of nitrogens with one attached hydrogen (secondary N) is 1. The first-order valence-corrected chi connectivity index (χ1v) is 6.69. The van der Waals surface area contributed by atoms with E-state index in [1.165, 1.54) is 0 Å². The van der Waals surface area contributed by atoms with E-state index in [-0.39, 0.29) is 0 Å². The Labute approximate surface area is 110 Å². The van der Waals surface area contributed by atoms with E-state index < -0.39 is 0 Å². The van der Waals surface area contributed by atoms with Gasteiger partial charge in [0.1, 0.15) is 10.0 Å². The van der Waals surface area contributed by atoms with Crippen LogP contribution >= 0.6 is 22.9 Å². The Kier molecular flexibility index (Phi) is 4.10. The average molecular weight is 268 g/mol. The summed E-state index contributed by atoms with van der Waals surface area (Å²) in [7, 11) is 0. The number of aryl methyl sites for hydroxylation is 1. The molecule has 5 heteroatoms. The Morgan fingerprint density at radius 1 is 1.29 bits per heavy atom. The van der Waals surface area contributed by atoms with Crippen LogP contribution < -0.4 is 5.32 Å². The summed E-state index contributed by atoms with van der Waals surface area (Å²) >= 11 is 7.63. The first kappa shape index (κ1) is 12.5. The largest absolute Gasteiger partial charge is 0.311 e. The van der Waals surface area contributed by atoms with E-state index in [4.69, 9.17) is 11.6 Å². The van der Waals surface area contributed by atoms with E-state index in [1.807, 2.05) is 19.1 Å². The molecule has 1 aromatic heterocycles. The topological polar surface area (TPSA) is 37.8 Å². The molecule has 17 heavy (non-hydrogen) atoms. The highest BCUT2D eigenvalue weighted by molar-refractivity contribution is 7.14. The number of halogens is 1. The molecule has 2 aromatic rings. The molecule has 1 aromatic carbocycles. The zero-order chi connectivity index (χ0) is 12.3. The fraction of sp³-hybridized carbons (Fsp3) is 0.333. The Hall–Kier alpha value is -0.970. The molecule has 1 N–H and O–H groups in total. The summed E-state index contributed by atoms with van der Waals surface area (Å²) in [6.45, 7) is 5.80. The maximum absolute atomic E-state index is 6.03. The molecule has 0 atom stereocenters. The van der Waals surface area contributed by atoms with Gasteiger partial charge < -0.3 is 5.32 Å². The van der Waals surface area contributed by atoms with E-state index in [2.05, 4.69) is 28.5 Å². The third-order valence-corrected chi connectivity index (χ3v) is 3.47. The third kappa shape index (κ3) is 3.25. The second-order valence-electron chi connectivity index (χ2n) is 3.80. The molecule has 1 heterocycles. The lowest BCUT2D eigenvalue weighted by atomic mass is 10.1. The second kappa shape index (κ2) is 5.58. The van der Waals surface area contributed by atoms with Crippen LogP contribution in [-0.4, -0.2) is 16.7 Å². The predicted molar refractivity (Wildman–Crippen MR) is 72.5 cm³/mol. The number of rotatable bonds is 4. The van der Waals surface area contributed by atoms with Crippen molar-refractivity contribution in [3.8, 4) is 10.6 Å². The SMILES string of the molecule is CCNCc1nnc(-c2cc(C)cc(Cl)c2)s1. The minimum absolute atomic E-state index is 0.739. The van der Waals surface area contributed by atoms with Crippen molar-refractivity contribution in [3.63, 3.8) is 0 Å². The standard InChI is InChI=1S/C12H14ClN3S/c1-3-14-7-11-15-16-12(17-11)9-4-8(2)5-10(13)6-9/h4-6,14H,3,7H2,1-2H3. The van der Waals surface area contributed by atoms with Gasteiger partial charge >= 0.3 is 0 Å². The summed E-state index contributed by atoms with van der Waals surface area (Å²) in [5.74, 6) is 0. The molecule has 0 unspecified atom stereocenters.